The van der Waals surface area contributed by atoms with Gasteiger partial charge in [-0.1, -0.05) is 15.9 Å². The van der Waals surface area contributed by atoms with Gasteiger partial charge in [-0.05, 0) is 36.5 Å². The molecule has 0 radical (unpaired) electrons. The van der Waals surface area contributed by atoms with E-state index in [9.17, 15) is 8.78 Å². The third-order valence-electron chi connectivity index (χ3n) is 2.53. The minimum absolute atomic E-state index is 0.181. The maximum Gasteiger partial charge on any atom is 0.159 e. The molecule has 0 spiro atoms. The van der Waals surface area contributed by atoms with Crippen LogP contribution in [0, 0.1) is 17.6 Å². The van der Waals surface area contributed by atoms with E-state index in [0.717, 1.165) is 18.9 Å². The van der Waals surface area contributed by atoms with Gasteiger partial charge in [0.05, 0.1) is 0 Å². The van der Waals surface area contributed by atoms with Crippen molar-refractivity contribution in [1.29, 1.82) is 0 Å². The smallest absolute Gasteiger partial charge is 0.159 e. The molecule has 2 rings (SSSR count). The molecule has 1 saturated carbocycles. The summed E-state index contributed by atoms with van der Waals surface area (Å²) in [5.74, 6) is -1.25. The highest BCUT2D eigenvalue weighted by atomic mass is 79.9. The fourth-order valence-corrected chi connectivity index (χ4v) is 2.08. The lowest BCUT2D eigenvalue weighted by molar-refractivity contribution is 0.502. The molecule has 76 valence electrons. The van der Waals surface area contributed by atoms with Crippen molar-refractivity contribution in [2.75, 3.05) is 0 Å². The van der Waals surface area contributed by atoms with Crippen molar-refractivity contribution in [2.45, 2.75) is 18.9 Å². The molecule has 1 aliphatic rings. The Balaban J connectivity index is 2.36. The molecule has 0 bridgehead atoms. The largest absolute Gasteiger partial charge is 0.324 e. The topological polar surface area (TPSA) is 26.0 Å². The summed E-state index contributed by atoms with van der Waals surface area (Å²) >= 11 is 3.19. The second-order valence-electron chi connectivity index (χ2n) is 3.65. The Morgan fingerprint density at radius 1 is 1.29 bits per heavy atom. The lowest BCUT2D eigenvalue weighted by Gasteiger charge is -2.13. The molecule has 0 aliphatic heterocycles. The van der Waals surface area contributed by atoms with Gasteiger partial charge in [0.1, 0.15) is 0 Å². The average molecular weight is 262 g/mol. The van der Waals surface area contributed by atoms with Crippen LogP contribution in [0.3, 0.4) is 0 Å². The van der Waals surface area contributed by atoms with E-state index in [1.54, 1.807) is 0 Å². The molecule has 2 N–H and O–H groups in total. The minimum atomic E-state index is -0.844. The molecular formula is C10H10BrF2N. The van der Waals surface area contributed by atoms with Crippen LogP contribution in [0.5, 0.6) is 0 Å². The second kappa shape index (κ2) is 3.59. The Hall–Kier alpha value is -0.480. The molecule has 4 heteroatoms. The van der Waals surface area contributed by atoms with Gasteiger partial charge in [-0.3, -0.25) is 0 Å². The van der Waals surface area contributed by atoms with Crippen LogP contribution in [0.25, 0.3) is 0 Å². The van der Waals surface area contributed by atoms with Gasteiger partial charge in [-0.15, -0.1) is 0 Å². The molecule has 0 saturated heterocycles. The van der Waals surface area contributed by atoms with Crippen molar-refractivity contribution < 1.29 is 8.78 Å². The summed E-state index contributed by atoms with van der Waals surface area (Å²) in [6.45, 7) is 0. The minimum Gasteiger partial charge on any atom is -0.324 e. The summed E-state index contributed by atoms with van der Waals surface area (Å²) in [4.78, 5) is 0. The SMILES string of the molecule is N[C@@H](c1cc(F)c(F)cc1Br)C1CC1. The average Bonchev–Trinajstić information content (AvgIpc) is 2.93. The Morgan fingerprint density at radius 3 is 2.43 bits per heavy atom. The highest BCUT2D eigenvalue weighted by molar-refractivity contribution is 9.10. The number of halogens is 3. The van der Waals surface area contributed by atoms with Crippen LogP contribution in [0.15, 0.2) is 16.6 Å². The summed E-state index contributed by atoms with van der Waals surface area (Å²) in [5.41, 5.74) is 6.56. The van der Waals surface area contributed by atoms with Gasteiger partial charge in [-0.25, -0.2) is 8.78 Å². The Bertz CT molecular complexity index is 363. The van der Waals surface area contributed by atoms with Gasteiger partial charge in [0.2, 0.25) is 0 Å². The number of rotatable bonds is 2. The van der Waals surface area contributed by atoms with E-state index in [1.807, 2.05) is 0 Å². The first-order valence-electron chi connectivity index (χ1n) is 4.49. The number of hydrogen-bond donors (Lipinski definition) is 1. The van der Waals surface area contributed by atoms with Crippen molar-refractivity contribution in [1.82, 2.24) is 0 Å². The molecule has 0 amide bonds. The van der Waals surface area contributed by atoms with Crippen molar-refractivity contribution in [2.24, 2.45) is 11.7 Å². The van der Waals surface area contributed by atoms with Crippen LogP contribution in [0.2, 0.25) is 0 Å². The van der Waals surface area contributed by atoms with Gasteiger partial charge < -0.3 is 5.73 Å². The van der Waals surface area contributed by atoms with Crippen molar-refractivity contribution in [3.05, 3.63) is 33.8 Å². The quantitative estimate of drug-likeness (QED) is 0.814. The van der Waals surface area contributed by atoms with E-state index < -0.39 is 11.6 Å². The highest BCUT2D eigenvalue weighted by Gasteiger charge is 2.31. The molecule has 1 nitrogen and oxygen atoms in total. The molecule has 14 heavy (non-hydrogen) atoms. The summed E-state index contributed by atoms with van der Waals surface area (Å²) in [6, 6.07) is 2.13. The third-order valence-corrected chi connectivity index (χ3v) is 3.22. The summed E-state index contributed by atoms with van der Waals surface area (Å²) < 4.78 is 26.3. The Labute approximate surface area is 89.4 Å². The first-order valence-corrected chi connectivity index (χ1v) is 5.29. The zero-order valence-corrected chi connectivity index (χ0v) is 9.02. The van der Waals surface area contributed by atoms with Crippen molar-refractivity contribution >= 4 is 15.9 Å². The zero-order chi connectivity index (χ0) is 10.3. The number of hydrogen-bond acceptors (Lipinski definition) is 1. The normalized spacial score (nSPS) is 18.3. The molecule has 0 heterocycles. The molecule has 1 aromatic carbocycles. The first-order chi connectivity index (χ1) is 6.59. The van der Waals surface area contributed by atoms with Crippen LogP contribution in [0.1, 0.15) is 24.4 Å². The van der Waals surface area contributed by atoms with Gasteiger partial charge in [0.15, 0.2) is 11.6 Å². The van der Waals surface area contributed by atoms with Gasteiger partial charge in [0, 0.05) is 10.5 Å². The molecule has 0 unspecified atom stereocenters. The molecule has 1 fully saturated rings. The van der Waals surface area contributed by atoms with Crippen molar-refractivity contribution in [3.8, 4) is 0 Å². The van der Waals surface area contributed by atoms with Crippen molar-refractivity contribution in [3.63, 3.8) is 0 Å². The molecule has 1 aromatic rings. The van der Waals surface area contributed by atoms with E-state index in [0.29, 0.717) is 16.0 Å². The van der Waals surface area contributed by atoms with E-state index >= 15 is 0 Å². The molecular weight excluding hydrogens is 252 g/mol. The monoisotopic (exact) mass is 261 g/mol. The lowest BCUT2D eigenvalue weighted by Crippen LogP contribution is -2.13. The second-order valence-corrected chi connectivity index (χ2v) is 4.51. The maximum atomic E-state index is 13.0. The molecule has 0 aromatic heterocycles. The molecule has 1 atom stereocenters. The zero-order valence-electron chi connectivity index (χ0n) is 7.43. The lowest BCUT2D eigenvalue weighted by atomic mass is 10.0. The maximum absolute atomic E-state index is 13.0. The summed E-state index contributed by atoms with van der Waals surface area (Å²) in [6.07, 6.45) is 2.15. The van der Waals surface area contributed by atoms with E-state index in [4.69, 9.17) is 5.73 Å². The van der Waals surface area contributed by atoms with E-state index in [1.165, 1.54) is 6.07 Å². The standard InChI is InChI=1S/C10H10BrF2N/c11-7-4-9(13)8(12)3-6(7)10(14)5-1-2-5/h3-5,10H,1-2,14H2/t10-/m1/s1. The van der Waals surface area contributed by atoms with Crippen LogP contribution in [0.4, 0.5) is 8.78 Å². The summed E-state index contributed by atoms with van der Waals surface area (Å²) in [5, 5.41) is 0. The Morgan fingerprint density at radius 2 is 1.86 bits per heavy atom. The van der Waals surface area contributed by atoms with Crippen LogP contribution in [-0.2, 0) is 0 Å². The molecule has 1 aliphatic carbocycles. The van der Waals surface area contributed by atoms with Crippen LogP contribution >= 0.6 is 15.9 Å². The Kier molecular flexibility index (Phi) is 2.58. The van der Waals surface area contributed by atoms with Crippen LogP contribution < -0.4 is 5.73 Å². The first kappa shape index (κ1) is 10.1. The highest BCUT2D eigenvalue weighted by Crippen LogP contribution is 2.41. The predicted molar refractivity (Wildman–Crippen MR) is 53.7 cm³/mol. The number of nitrogens with two attached hydrogens (primary N) is 1. The van der Waals surface area contributed by atoms with Crippen LogP contribution in [-0.4, -0.2) is 0 Å². The third kappa shape index (κ3) is 1.81. The van der Waals surface area contributed by atoms with Gasteiger partial charge in [-0.2, -0.15) is 0 Å². The number of benzene rings is 1. The van der Waals surface area contributed by atoms with E-state index in [2.05, 4.69) is 15.9 Å². The predicted octanol–water partition coefficient (Wildman–Crippen LogP) is 3.14. The van der Waals surface area contributed by atoms with Gasteiger partial charge in [0.25, 0.3) is 0 Å². The summed E-state index contributed by atoms with van der Waals surface area (Å²) in [7, 11) is 0. The fourth-order valence-electron chi connectivity index (χ4n) is 1.50. The fraction of sp³-hybridized carbons (Fsp3) is 0.400. The van der Waals surface area contributed by atoms with Gasteiger partial charge >= 0.3 is 0 Å². The van der Waals surface area contributed by atoms with E-state index in [-0.39, 0.29) is 6.04 Å².